The zero-order valence-corrected chi connectivity index (χ0v) is 15.3. The molecule has 1 atom stereocenters. The fraction of sp³-hybridized carbons (Fsp3) is 0.421. The van der Waals surface area contributed by atoms with E-state index in [1.165, 1.54) is 0 Å². The summed E-state index contributed by atoms with van der Waals surface area (Å²) >= 11 is 6.30. The molecule has 2 aromatic rings. The van der Waals surface area contributed by atoms with E-state index in [2.05, 4.69) is 11.2 Å². The second kappa shape index (κ2) is 6.11. The number of aryl methyl sites for hydroxylation is 1. The van der Waals surface area contributed by atoms with Gasteiger partial charge in [0.15, 0.2) is 0 Å². The maximum absolute atomic E-state index is 13.0. The van der Waals surface area contributed by atoms with Gasteiger partial charge in [-0.1, -0.05) is 29.8 Å². The summed E-state index contributed by atoms with van der Waals surface area (Å²) in [6, 6.07) is 9.81. The third-order valence-electron chi connectivity index (χ3n) is 5.57. The number of hydrogen-bond donors (Lipinski definition) is 1. The molecule has 0 radical (unpaired) electrons. The summed E-state index contributed by atoms with van der Waals surface area (Å²) in [5.41, 5.74) is 7.91. The number of fused-ring (bicyclic) bond motifs is 1. The minimum atomic E-state index is -0.735. The van der Waals surface area contributed by atoms with Gasteiger partial charge >= 0.3 is 0 Å². The number of carbonyl (C=O) groups is 1. The number of carbonyl (C=O) groups excluding carboxylic acids is 1. The van der Waals surface area contributed by atoms with Crippen molar-refractivity contribution in [3.05, 3.63) is 52.3 Å². The number of aromatic nitrogens is 2. The monoisotopic (exact) mass is 369 g/mol. The fourth-order valence-corrected chi connectivity index (χ4v) is 4.44. The van der Waals surface area contributed by atoms with Crippen molar-refractivity contribution in [1.82, 2.24) is 14.7 Å². The molecule has 1 aromatic heterocycles. The number of hydrogen-bond acceptors (Lipinski definition) is 4. The molecule has 1 amide bonds. The van der Waals surface area contributed by atoms with Gasteiger partial charge < -0.3 is 10.6 Å². The van der Waals surface area contributed by atoms with E-state index in [0.717, 1.165) is 16.8 Å². The molecule has 2 heterocycles. The topological polar surface area (TPSA) is 87.9 Å². The predicted molar refractivity (Wildman–Crippen MR) is 97.4 cm³/mol. The molecule has 0 spiro atoms. The van der Waals surface area contributed by atoms with Crippen LogP contribution >= 0.6 is 11.6 Å². The summed E-state index contributed by atoms with van der Waals surface area (Å²) in [6.45, 7) is 0.605. The highest BCUT2D eigenvalue weighted by Gasteiger charge is 2.45. The van der Waals surface area contributed by atoms with Crippen molar-refractivity contribution in [2.45, 2.75) is 30.8 Å². The number of nitrogens with zero attached hydrogens (tertiary/aromatic N) is 4. The standard InChI is InChI=1S/C19H20ClN5O/c1-24-17(15(20)9-23-24)6-16-13-4-2-3-5-14(13)18(26)25(16)10-12-7-19(22,8-12)11-21/h2-5,9,12,16H,6-8,10,22H2,1H3. The lowest BCUT2D eigenvalue weighted by Gasteiger charge is -2.42. The molecule has 1 unspecified atom stereocenters. The van der Waals surface area contributed by atoms with E-state index < -0.39 is 5.54 Å². The van der Waals surface area contributed by atoms with E-state index in [1.807, 2.05) is 36.2 Å². The molecule has 1 aliphatic heterocycles. The fourth-order valence-electron chi connectivity index (χ4n) is 4.19. The van der Waals surface area contributed by atoms with Crippen LogP contribution in [0.4, 0.5) is 0 Å². The van der Waals surface area contributed by atoms with Crippen LogP contribution in [0.2, 0.25) is 5.02 Å². The summed E-state index contributed by atoms with van der Waals surface area (Å²) in [5, 5.41) is 13.9. The van der Waals surface area contributed by atoms with Crippen molar-refractivity contribution >= 4 is 17.5 Å². The molecule has 4 rings (SSSR count). The van der Waals surface area contributed by atoms with Gasteiger partial charge in [0.05, 0.1) is 29.0 Å². The van der Waals surface area contributed by atoms with Crippen LogP contribution in [-0.2, 0) is 13.5 Å². The second-order valence-electron chi connectivity index (χ2n) is 7.37. The first kappa shape index (κ1) is 17.1. The Morgan fingerprint density at radius 1 is 1.42 bits per heavy atom. The number of benzene rings is 1. The Kier molecular flexibility index (Phi) is 4.02. The highest BCUT2D eigenvalue weighted by atomic mass is 35.5. The molecule has 2 aliphatic rings. The molecule has 7 heteroatoms. The molecular formula is C19H20ClN5O. The molecule has 6 nitrogen and oxygen atoms in total. The smallest absolute Gasteiger partial charge is 0.254 e. The van der Waals surface area contributed by atoms with E-state index in [-0.39, 0.29) is 17.9 Å². The number of amides is 1. The highest BCUT2D eigenvalue weighted by Crippen LogP contribution is 2.42. The van der Waals surface area contributed by atoms with Crippen molar-refractivity contribution in [1.29, 1.82) is 5.26 Å². The average Bonchev–Trinajstić information content (AvgIpc) is 3.06. The van der Waals surface area contributed by atoms with Gasteiger partial charge in [0.25, 0.3) is 5.91 Å². The van der Waals surface area contributed by atoms with Crippen LogP contribution in [0.25, 0.3) is 0 Å². The van der Waals surface area contributed by atoms with Crippen LogP contribution < -0.4 is 5.73 Å². The van der Waals surface area contributed by atoms with E-state index in [0.29, 0.717) is 30.8 Å². The molecule has 1 aromatic carbocycles. The van der Waals surface area contributed by atoms with E-state index in [1.54, 1.807) is 10.9 Å². The normalized spacial score (nSPS) is 27.2. The molecule has 1 aliphatic carbocycles. The second-order valence-corrected chi connectivity index (χ2v) is 7.78. The molecule has 26 heavy (non-hydrogen) atoms. The zero-order valence-electron chi connectivity index (χ0n) is 14.5. The lowest BCUT2D eigenvalue weighted by atomic mass is 9.69. The van der Waals surface area contributed by atoms with Gasteiger partial charge in [0, 0.05) is 25.6 Å². The maximum atomic E-state index is 13.0. The molecule has 2 N–H and O–H groups in total. The minimum absolute atomic E-state index is 0.0374. The third-order valence-corrected chi connectivity index (χ3v) is 5.88. The molecule has 0 bridgehead atoms. The Hall–Kier alpha value is -2.36. The Morgan fingerprint density at radius 2 is 2.15 bits per heavy atom. The van der Waals surface area contributed by atoms with E-state index in [4.69, 9.17) is 22.6 Å². The van der Waals surface area contributed by atoms with E-state index in [9.17, 15) is 4.79 Å². The Bertz CT molecular complexity index is 889. The number of nitrogens with two attached hydrogens (primary N) is 1. The van der Waals surface area contributed by atoms with Crippen LogP contribution in [0.1, 0.15) is 40.5 Å². The largest absolute Gasteiger partial charge is 0.331 e. The Labute approximate surface area is 157 Å². The predicted octanol–water partition coefficient (Wildman–Crippen LogP) is 2.44. The molecule has 1 fully saturated rings. The van der Waals surface area contributed by atoms with Gasteiger partial charge in [-0.05, 0) is 30.4 Å². The zero-order chi connectivity index (χ0) is 18.5. The highest BCUT2D eigenvalue weighted by molar-refractivity contribution is 6.31. The average molecular weight is 370 g/mol. The lowest BCUT2D eigenvalue weighted by molar-refractivity contribution is 0.0596. The van der Waals surface area contributed by atoms with Crippen molar-refractivity contribution in [2.24, 2.45) is 18.7 Å². The summed E-state index contributed by atoms with van der Waals surface area (Å²) in [6.07, 6.45) is 3.49. The molecule has 1 saturated carbocycles. The summed E-state index contributed by atoms with van der Waals surface area (Å²) in [5.74, 6) is 0.290. The van der Waals surface area contributed by atoms with Crippen molar-refractivity contribution < 1.29 is 4.79 Å². The van der Waals surface area contributed by atoms with E-state index >= 15 is 0 Å². The third kappa shape index (κ3) is 2.68. The molecule has 0 saturated heterocycles. The maximum Gasteiger partial charge on any atom is 0.254 e. The van der Waals surface area contributed by atoms with Crippen LogP contribution in [0, 0.1) is 17.2 Å². The van der Waals surface area contributed by atoms with Crippen LogP contribution in [0.3, 0.4) is 0 Å². The first-order chi connectivity index (χ1) is 12.4. The van der Waals surface area contributed by atoms with Crippen LogP contribution in [-0.4, -0.2) is 32.7 Å². The van der Waals surface area contributed by atoms with Gasteiger partial charge in [-0.25, -0.2) is 0 Å². The molecule has 134 valence electrons. The number of nitriles is 1. The summed E-state index contributed by atoms with van der Waals surface area (Å²) in [4.78, 5) is 14.9. The lowest BCUT2D eigenvalue weighted by Crippen LogP contribution is -2.53. The van der Waals surface area contributed by atoms with Crippen molar-refractivity contribution in [3.63, 3.8) is 0 Å². The summed E-state index contributed by atoms with van der Waals surface area (Å²) < 4.78 is 1.76. The summed E-state index contributed by atoms with van der Waals surface area (Å²) in [7, 11) is 1.86. The quantitative estimate of drug-likeness (QED) is 0.896. The van der Waals surface area contributed by atoms with Crippen molar-refractivity contribution in [3.8, 4) is 6.07 Å². The van der Waals surface area contributed by atoms with Gasteiger partial charge in [-0.3, -0.25) is 9.48 Å². The van der Waals surface area contributed by atoms with Gasteiger partial charge in [-0.15, -0.1) is 0 Å². The van der Waals surface area contributed by atoms with Crippen molar-refractivity contribution in [2.75, 3.05) is 6.54 Å². The number of rotatable bonds is 4. The first-order valence-electron chi connectivity index (χ1n) is 8.68. The Morgan fingerprint density at radius 3 is 2.81 bits per heavy atom. The SMILES string of the molecule is Cn1ncc(Cl)c1CC1c2ccccc2C(=O)N1CC1CC(N)(C#N)C1. The Balaban J connectivity index is 1.62. The van der Waals surface area contributed by atoms with Crippen LogP contribution in [0.15, 0.2) is 30.5 Å². The van der Waals surface area contributed by atoms with Crippen LogP contribution in [0.5, 0.6) is 0 Å². The first-order valence-corrected chi connectivity index (χ1v) is 9.06. The van der Waals surface area contributed by atoms with Gasteiger partial charge in [0.2, 0.25) is 0 Å². The van der Waals surface area contributed by atoms with Gasteiger partial charge in [-0.2, -0.15) is 10.4 Å². The number of halogens is 1. The molecular weight excluding hydrogens is 350 g/mol. The minimum Gasteiger partial charge on any atom is -0.331 e. The van der Waals surface area contributed by atoms with Gasteiger partial charge in [0.1, 0.15) is 5.54 Å².